The lowest BCUT2D eigenvalue weighted by molar-refractivity contribution is -0.123. The fourth-order valence-electron chi connectivity index (χ4n) is 1.55. The van der Waals surface area contributed by atoms with Crippen LogP contribution in [0.25, 0.3) is 0 Å². The van der Waals surface area contributed by atoms with Crippen molar-refractivity contribution < 1.29 is 9.53 Å². The van der Waals surface area contributed by atoms with E-state index in [0.717, 1.165) is 0 Å². The first-order valence-electron chi connectivity index (χ1n) is 5.97. The zero-order valence-corrected chi connectivity index (χ0v) is 10.5. The van der Waals surface area contributed by atoms with Gasteiger partial charge in [0.1, 0.15) is 5.75 Å². The van der Waals surface area contributed by atoms with E-state index in [9.17, 15) is 4.79 Å². The lowest BCUT2D eigenvalue weighted by atomic mass is 10.3. The topological polar surface area (TPSA) is 82.2 Å². The Bertz CT molecular complexity index is 525. The average Bonchev–Trinajstić information content (AvgIpc) is 2.91. The molecule has 1 aromatic heterocycles. The molecule has 0 aliphatic carbocycles. The average molecular weight is 260 g/mol. The second-order valence-corrected chi connectivity index (χ2v) is 3.95. The van der Waals surface area contributed by atoms with Gasteiger partial charge in [-0.2, -0.15) is 5.10 Å². The summed E-state index contributed by atoms with van der Waals surface area (Å²) in [6, 6.07) is 8.91. The van der Waals surface area contributed by atoms with Gasteiger partial charge < -0.3 is 15.8 Å². The summed E-state index contributed by atoms with van der Waals surface area (Å²) in [5.74, 6) is 0.333. The van der Waals surface area contributed by atoms with Crippen molar-refractivity contribution in [3.8, 4) is 5.75 Å². The van der Waals surface area contributed by atoms with E-state index < -0.39 is 0 Å². The lowest BCUT2D eigenvalue weighted by Gasteiger charge is -2.09. The fraction of sp³-hybridized carbons (Fsp3) is 0.231. The van der Waals surface area contributed by atoms with Gasteiger partial charge in [0.2, 0.25) is 0 Å². The molecule has 1 amide bonds. The first-order valence-corrected chi connectivity index (χ1v) is 5.97. The van der Waals surface area contributed by atoms with Crippen LogP contribution in [0.2, 0.25) is 0 Å². The first-order chi connectivity index (χ1) is 9.25. The highest BCUT2D eigenvalue weighted by molar-refractivity contribution is 5.77. The monoisotopic (exact) mass is 260 g/mol. The predicted octanol–water partition coefficient (Wildman–Crippen LogP) is 0.660. The summed E-state index contributed by atoms with van der Waals surface area (Å²) < 4.78 is 7.07. The Morgan fingerprint density at radius 2 is 2.21 bits per heavy atom. The molecule has 0 unspecified atom stereocenters. The van der Waals surface area contributed by atoms with Gasteiger partial charge in [-0.05, 0) is 18.2 Å². The number of para-hydroxylation sites is 2. The summed E-state index contributed by atoms with van der Waals surface area (Å²) in [7, 11) is 0. The van der Waals surface area contributed by atoms with Gasteiger partial charge in [-0.15, -0.1) is 0 Å². The Morgan fingerprint density at radius 3 is 2.95 bits per heavy atom. The molecule has 3 N–H and O–H groups in total. The van der Waals surface area contributed by atoms with Gasteiger partial charge in [-0.25, -0.2) is 0 Å². The van der Waals surface area contributed by atoms with E-state index in [0.29, 0.717) is 24.5 Å². The molecule has 0 spiro atoms. The maximum absolute atomic E-state index is 11.5. The molecule has 2 aromatic rings. The van der Waals surface area contributed by atoms with Crippen LogP contribution in [0.3, 0.4) is 0 Å². The molecule has 0 saturated carbocycles. The molecule has 19 heavy (non-hydrogen) atoms. The molecule has 1 heterocycles. The molecule has 0 fully saturated rings. The summed E-state index contributed by atoms with van der Waals surface area (Å²) in [4.78, 5) is 11.5. The van der Waals surface area contributed by atoms with Crippen LogP contribution >= 0.6 is 0 Å². The Kier molecular flexibility index (Phi) is 4.39. The summed E-state index contributed by atoms with van der Waals surface area (Å²) in [6.07, 6.45) is 3.54. The number of nitrogen functional groups attached to an aromatic ring is 1. The van der Waals surface area contributed by atoms with Crippen molar-refractivity contribution in [2.24, 2.45) is 0 Å². The van der Waals surface area contributed by atoms with Crippen molar-refractivity contribution >= 4 is 11.6 Å². The number of nitrogens with zero attached hydrogens (tertiary/aromatic N) is 2. The number of benzene rings is 1. The highest BCUT2D eigenvalue weighted by Gasteiger charge is 2.04. The minimum atomic E-state index is -0.185. The van der Waals surface area contributed by atoms with Gasteiger partial charge in [-0.1, -0.05) is 12.1 Å². The first kappa shape index (κ1) is 12.9. The number of aromatic nitrogens is 2. The number of carbonyl (C=O) groups is 1. The Morgan fingerprint density at radius 1 is 1.37 bits per heavy atom. The highest BCUT2D eigenvalue weighted by atomic mass is 16.5. The standard InChI is InChI=1S/C13H16N4O2/c14-11-4-1-2-5-12(11)19-10-13(18)15-7-9-17-8-3-6-16-17/h1-6,8H,7,9-10,14H2,(H,15,18). The number of amides is 1. The van der Waals surface area contributed by atoms with Crippen molar-refractivity contribution in [1.82, 2.24) is 15.1 Å². The molecular weight excluding hydrogens is 244 g/mol. The third kappa shape index (κ3) is 4.02. The zero-order valence-electron chi connectivity index (χ0n) is 10.5. The van der Waals surface area contributed by atoms with E-state index in [-0.39, 0.29) is 12.5 Å². The minimum absolute atomic E-state index is 0.0483. The van der Waals surface area contributed by atoms with Gasteiger partial charge in [0, 0.05) is 18.9 Å². The van der Waals surface area contributed by atoms with Crippen LogP contribution in [0.15, 0.2) is 42.7 Å². The fourth-order valence-corrected chi connectivity index (χ4v) is 1.55. The van der Waals surface area contributed by atoms with Crippen molar-refractivity contribution in [3.63, 3.8) is 0 Å². The molecule has 0 aliphatic rings. The molecule has 100 valence electrons. The molecule has 0 radical (unpaired) electrons. The lowest BCUT2D eigenvalue weighted by Crippen LogP contribution is -2.31. The molecule has 6 heteroatoms. The van der Waals surface area contributed by atoms with E-state index >= 15 is 0 Å². The molecule has 6 nitrogen and oxygen atoms in total. The second kappa shape index (κ2) is 6.44. The summed E-state index contributed by atoms with van der Waals surface area (Å²) in [5.41, 5.74) is 6.22. The number of anilines is 1. The van der Waals surface area contributed by atoms with Crippen LogP contribution < -0.4 is 15.8 Å². The van der Waals surface area contributed by atoms with Gasteiger partial charge in [0.25, 0.3) is 5.91 Å². The van der Waals surface area contributed by atoms with Gasteiger partial charge in [0.05, 0.1) is 12.2 Å². The minimum Gasteiger partial charge on any atom is -0.482 e. The van der Waals surface area contributed by atoms with Gasteiger partial charge in [0.15, 0.2) is 6.61 Å². The third-order valence-electron chi connectivity index (χ3n) is 2.50. The van der Waals surface area contributed by atoms with E-state index in [1.165, 1.54) is 0 Å². The van der Waals surface area contributed by atoms with Gasteiger partial charge in [-0.3, -0.25) is 9.48 Å². The maximum Gasteiger partial charge on any atom is 0.258 e. The predicted molar refractivity (Wildman–Crippen MR) is 71.6 cm³/mol. The highest BCUT2D eigenvalue weighted by Crippen LogP contribution is 2.19. The molecule has 0 saturated heterocycles. The van der Waals surface area contributed by atoms with Crippen LogP contribution in [0.4, 0.5) is 5.69 Å². The largest absolute Gasteiger partial charge is 0.482 e. The molecular formula is C13H16N4O2. The number of hydrogen-bond donors (Lipinski definition) is 2. The summed E-state index contributed by atoms with van der Waals surface area (Å²) in [6.45, 7) is 1.09. The SMILES string of the molecule is Nc1ccccc1OCC(=O)NCCn1cccn1. The van der Waals surface area contributed by atoms with Crippen molar-refractivity contribution in [3.05, 3.63) is 42.7 Å². The van der Waals surface area contributed by atoms with E-state index in [1.807, 2.05) is 18.3 Å². The van der Waals surface area contributed by atoms with Crippen LogP contribution in [-0.2, 0) is 11.3 Å². The maximum atomic E-state index is 11.5. The number of nitrogens with two attached hydrogens (primary N) is 1. The van der Waals surface area contributed by atoms with Crippen molar-refractivity contribution in [2.75, 3.05) is 18.9 Å². The number of nitrogens with one attached hydrogen (secondary N) is 1. The van der Waals surface area contributed by atoms with Crippen LogP contribution in [0.1, 0.15) is 0 Å². The van der Waals surface area contributed by atoms with E-state index in [4.69, 9.17) is 10.5 Å². The molecule has 2 rings (SSSR count). The Labute approximate surface area is 111 Å². The van der Waals surface area contributed by atoms with E-state index in [1.54, 1.807) is 29.1 Å². The number of hydrogen-bond acceptors (Lipinski definition) is 4. The van der Waals surface area contributed by atoms with Crippen molar-refractivity contribution in [2.45, 2.75) is 6.54 Å². The van der Waals surface area contributed by atoms with E-state index in [2.05, 4.69) is 10.4 Å². The molecule has 0 bridgehead atoms. The number of ether oxygens (including phenoxy) is 1. The summed E-state index contributed by atoms with van der Waals surface area (Å²) in [5, 5.41) is 6.78. The molecule has 1 aromatic carbocycles. The van der Waals surface area contributed by atoms with Crippen LogP contribution in [0.5, 0.6) is 5.75 Å². The second-order valence-electron chi connectivity index (χ2n) is 3.95. The Hall–Kier alpha value is -2.50. The Balaban J connectivity index is 1.69. The normalized spacial score (nSPS) is 10.1. The molecule has 0 atom stereocenters. The molecule has 0 aliphatic heterocycles. The van der Waals surface area contributed by atoms with Gasteiger partial charge >= 0.3 is 0 Å². The van der Waals surface area contributed by atoms with Crippen molar-refractivity contribution in [1.29, 1.82) is 0 Å². The van der Waals surface area contributed by atoms with Crippen LogP contribution in [0, 0.1) is 0 Å². The number of carbonyl (C=O) groups excluding carboxylic acids is 1. The third-order valence-corrected chi connectivity index (χ3v) is 2.50. The smallest absolute Gasteiger partial charge is 0.258 e. The quantitative estimate of drug-likeness (QED) is 0.747. The summed E-state index contributed by atoms with van der Waals surface area (Å²) >= 11 is 0. The zero-order chi connectivity index (χ0) is 13.5. The van der Waals surface area contributed by atoms with Crippen LogP contribution in [-0.4, -0.2) is 28.8 Å². The number of rotatable bonds is 6.